The van der Waals surface area contributed by atoms with E-state index in [0.29, 0.717) is 16.5 Å². The molecule has 0 unspecified atom stereocenters. The molecule has 5 rings (SSSR count). The first-order chi connectivity index (χ1) is 17.7. The van der Waals surface area contributed by atoms with Crippen LogP contribution >= 0.6 is 22.9 Å². The number of nitrogens with one attached hydrogen (secondary N) is 2. The van der Waals surface area contributed by atoms with E-state index < -0.39 is 22.4 Å². The van der Waals surface area contributed by atoms with Crippen molar-refractivity contribution in [2.75, 3.05) is 11.9 Å². The van der Waals surface area contributed by atoms with E-state index in [1.54, 1.807) is 6.07 Å². The number of hydrogen-bond acceptors (Lipinski definition) is 9. The SMILES string of the molecule is O=C(c1ccc([C@@H]2OCCCc3ccc(Cl)cc32)s1)c1cncnc1N[C@@H]1C[C](NS(=O)(=O)O)[C@@H](O)C1. The van der Waals surface area contributed by atoms with Crippen molar-refractivity contribution >= 4 is 44.8 Å². The number of anilines is 1. The monoisotopic (exact) mass is 563 g/mol. The summed E-state index contributed by atoms with van der Waals surface area (Å²) in [5.41, 5.74) is 2.42. The van der Waals surface area contributed by atoms with E-state index in [4.69, 9.17) is 20.9 Å². The lowest BCUT2D eigenvalue weighted by molar-refractivity contribution is 0.0866. The van der Waals surface area contributed by atoms with Crippen molar-refractivity contribution in [3.63, 3.8) is 0 Å². The van der Waals surface area contributed by atoms with Crippen molar-refractivity contribution in [1.82, 2.24) is 14.7 Å². The maximum absolute atomic E-state index is 13.5. The lowest BCUT2D eigenvalue weighted by Crippen LogP contribution is -2.32. The number of aromatic nitrogens is 2. The smallest absolute Gasteiger partial charge is 0.334 e. The van der Waals surface area contributed by atoms with Crippen LogP contribution in [0.15, 0.2) is 42.9 Å². The number of hydrogen-bond donors (Lipinski definition) is 4. The van der Waals surface area contributed by atoms with E-state index in [1.807, 2.05) is 29.0 Å². The Balaban J connectivity index is 1.36. The predicted molar refractivity (Wildman–Crippen MR) is 138 cm³/mol. The largest absolute Gasteiger partial charge is 0.391 e. The van der Waals surface area contributed by atoms with E-state index in [2.05, 4.69) is 15.3 Å². The fourth-order valence-corrected chi connectivity index (χ4v) is 6.42. The molecule has 37 heavy (non-hydrogen) atoms. The molecular formula is C24H24ClN4O6S2. The first-order valence-electron chi connectivity index (χ1n) is 11.6. The molecule has 3 aromatic rings. The van der Waals surface area contributed by atoms with Gasteiger partial charge in [0.15, 0.2) is 0 Å². The van der Waals surface area contributed by atoms with Crippen LogP contribution in [0.3, 0.4) is 0 Å². The van der Waals surface area contributed by atoms with Crippen LogP contribution in [-0.2, 0) is 21.5 Å². The summed E-state index contributed by atoms with van der Waals surface area (Å²) in [7, 11) is -4.50. The number of benzene rings is 1. The van der Waals surface area contributed by atoms with Crippen LogP contribution in [0.2, 0.25) is 5.02 Å². The number of rotatable bonds is 7. The molecular weight excluding hydrogens is 540 g/mol. The van der Waals surface area contributed by atoms with Gasteiger partial charge in [-0.3, -0.25) is 9.35 Å². The third-order valence-corrected chi connectivity index (χ3v) is 8.19. The van der Waals surface area contributed by atoms with Crippen molar-refractivity contribution in [2.24, 2.45) is 0 Å². The fraction of sp³-hybridized carbons (Fsp3) is 0.333. The van der Waals surface area contributed by atoms with Gasteiger partial charge < -0.3 is 15.2 Å². The molecule has 1 aliphatic carbocycles. The molecule has 2 aromatic heterocycles. The number of aryl methyl sites for hydroxylation is 1. The van der Waals surface area contributed by atoms with Crippen LogP contribution < -0.4 is 10.0 Å². The Kier molecular flexibility index (Phi) is 7.59. The van der Waals surface area contributed by atoms with Crippen LogP contribution in [0, 0.1) is 6.04 Å². The summed E-state index contributed by atoms with van der Waals surface area (Å²) in [5.74, 6) is -0.0128. The number of thiophene rings is 1. The minimum atomic E-state index is -4.50. The predicted octanol–water partition coefficient (Wildman–Crippen LogP) is 3.33. The van der Waals surface area contributed by atoms with Gasteiger partial charge in [0.25, 0.3) is 0 Å². The van der Waals surface area contributed by atoms with Crippen molar-refractivity contribution in [1.29, 1.82) is 0 Å². The highest BCUT2D eigenvalue weighted by molar-refractivity contribution is 7.83. The van der Waals surface area contributed by atoms with Gasteiger partial charge in [0.2, 0.25) is 5.78 Å². The Morgan fingerprint density at radius 2 is 2.08 bits per heavy atom. The fourth-order valence-electron chi connectivity index (χ4n) is 4.66. The second-order valence-electron chi connectivity index (χ2n) is 8.91. The molecule has 3 heterocycles. The molecule has 1 radical (unpaired) electrons. The number of carbonyl (C=O) groups is 1. The number of ketones is 1. The van der Waals surface area contributed by atoms with Crippen LogP contribution in [0.25, 0.3) is 0 Å². The van der Waals surface area contributed by atoms with Gasteiger partial charge in [-0.1, -0.05) is 17.7 Å². The highest BCUT2D eigenvalue weighted by Crippen LogP contribution is 2.38. The zero-order valence-corrected chi connectivity index (χ0v) is 21.8. The lowest BCUT2D eigenvalue weighted by Gasteiger charge is -2.17. The van der Waals surface area contributed by atoms with Crippen molar-refractivity contribution in [3.8, 4) is 0 Å². The molecule has 0 spiro atoms. The third-order valence-electron chi connectivity index (χ3n) is 6.31. The average Bonchev–Trinajstić information content (AvgIpc) is 3.39. The zero-order valence-electron chi connectivity index (χ0n) is 19.4. The molecule has 0 bridgehead atoms. The first kappa shape index (κ1) is 26.2. The molecule has 1 fully saturated rings. The molecule has 13 heteroatoms. The Morgan fingerprint density at radius 1 is 1.24 bits per heavy atom. The van der Waals surface area contributed by atoms with Crippen LogP contribution in [0.4, 0.5) is 5.82 Å². The molecule has 1 aliphatic heterocycles. The van der Waals surface area contributed by atoms with E-state index in [-0.39, 0.29) is 42.2 Å². The number of aliphatic hydroxyl groups is 1. The summed E-state index contributed by atoms with van der Waals surface area (Å²) in [6, 6.07) is 9.09. The summed E-state index contributed by atoms with van der Waals surface area (Å²) in [6.07, 6.45) is 3.38. The van der Waals surface area contributed by atoms with Gasteiger partial charge in [0.1, 0.15) is 18.2 Å². The zero-order chi connectivity index (χ0) is 26.2. The number of nitrogens with zero attached hydrogens (tertiary/aromatic N) is 2. The van der Waals surface area contributed by atoms with Crippen molar-refractivity contribution in [2.45, 2.75) is 43.9 Å². The standard InChI is InChI=1S/C24H24ClN4O6S2/c25-14-4-3-13-2-1-7-35-23(16(13)8-14)21-6-5-20(36-21)22(31)17-11-26-12-27-24(17)28-15-9-18(19(30)10-15)29-37(32,33)34/h3-6,8,11-12,15,19,23,29-30H,1-2,7,9-10H2,(H,26,27,28)(H,32,33,34)/t15-,19+,23-/m1/s1. The molecule has 2 aliphatic rings. The van der Waals surface area contributed by atoms with Crippen LogP contribution in [0.1, 0.15) is 56.6 Å². The molecule has 4 N–H and O–H groups in total. The van der Waals surface area contributed by atoms with Gasteiger partial charge in [0.05, 0.1) is 22.6 Å². The van der Waals surface area contributed by atoms with Gasteiger partial charge in [0, 0.05) is 28.7 Å². The van der Waals surface area contributed by atoms with Gasteiger partial charge in [-0.2, -0.15) is 13.1 Å². The molecule has 1 aromatic carbocycles. The second kappa shape index (κ2) is 10.7. The average molecular weight is 564 g/mol. The van der Waals surface area contributed by atoms with Crippen LogP contribution in [0.5, 0.6) is 0 Å². The van der Waals surface area contributed by atoms with E-state index in [9.17, 15) is 18.3 Å². The lowest BCUT2D eigenvalue weighted by atomic mass is 9.99. The van der Waals surface area contributed by atoms with Gasteiger partial charge in [-0.05, 0) is 61.1 Å². The Labute approximate surface area is 222 Å². The summed E-state index contributed by atoms with van der Waals surface area (Å²) in [6.45, 7) is 0.595. The summed E-state index contributed by atoms with van der Waals surface area (Å²) >= 11 is 7.59. The van der Waals surface area contributed by atoms with Gasteiger partial charge >= 0.3 is 10.3 Å². The van der Waals surface area contributed by atoms with Crippen molar-refractivity contribution < 1.29 is 27.6 Å². The van der Waals surface area contributed by atoms with E-state index in [1.165, 1.54) is 29.4 Å². The number of carbonyl (C=O) groups excluding carboxylic acids is 1. The first-order valence-corrected chi connectivity index (χ1v) is 14.2. The number of fused-ring (bicyclic) bond motifs is 1. The summed E-state index contributed by atoms with van der Waals surface area (Å²) in [5, 5.41) is 13.9. The minimum Gasteiger partial charge on any atom is -0.391 e. The highest BCUT2D eigenvalue weighted by Gasteiger charge is 2.37. The van der Waals surface area contributed by atoms with Gasteiger partial charge in [-0.25, -0.2) is 9.97 Å². The Hall–Kier alpha value is -2.45. The van der Waals surface area contributed by atoms with E-state index >= 15 is 0 Å². The second-order valence-corrected chi connectivity index (χ2v) is 11.6. The molecule has 0 amide bonds. The number of halogens is 1. The quantitative estimate of drug-likeness (QED) is 0.250. The third kappa shape index (κ3) is 6.01. The van der Waals surface area contributed by atoms with Crippen LogP contribution in [-0.4, -0.2) is 52.6 Å². The topological polar surface area (TPSA) is 151 Å². The molecule has 3 atom stereocenters. The Bertz CT molecular complexity index is 1420. The molecule has 0 saturated heterocycles. The molecule has 1 saturated carbocycles. The van der Waals surface area contributed by atoms with E-state index in [0.717, 1.165) is 23.3 Å². The van der Waals surface area contributed by atoms with Crippen molar-refractivity contribution in [3.05, 3.63) is 80.4 Å². The molecule has 195 valence electrons. The maximum Gasteiger partial charge on any atom is 0.334 e. The minimum absolute atomic E-state index is 0.0635. The van der Waals surface area contributed by atoms with Gasteiger partial charge in [-0.15, -0.1) is 11.3 Å². The number of aliphatic hydroxyl groups excluding tert-OH is 1. The number of ether oxygens (including phenoxy) is 1. The highest BCUT2D eigenvalue weighted by atomic mass is 35.5. The summed E-state index contributed by atoms with van der Waals surface area (Å²) < 4.78 is 39.4. The maximum atomic E-state index is 13.5. The molecule has 10 nitrogen and oxygen atoms in total. The normalized spacial score (nSPS) is 22.4. The summed E-state index contributed by atoms with van der Waals surface area (Å²) in [4.78, 5) is 23.0. The Morgan fingerprint density at radius 3 is 2.89 bits per heavy atom.